The molecule has 4 heteroatoms. The summed E-state index contributed by atoms with van der Waals surface area (Å²) in [5, 5.41) is 3.62. The second-order valence-electron chi connectivity index (χ2n) is 4.80. The van der Waals surface area contributed by atoms with Gasteiger partial charge < -0.3 is 5.32 Å². The van der Waals surface area contributed by atoms with E-state index in [4.69, 9.17) is 11.6 Å². The molecule has 0 aromatic heterocycles. The summed E-state index contributed by atoms with van der Waals surface area (Å²) >= 11 is 6.22. The number of hydrogen-bond donors (Lipinski definition) is 1. The molecule has 106 valence electrons. The highest BCUT2D eigenvalue weighted by Gasteiger charge is 2.14. The fraction of sp³-hybridized carbons (Fsp3) is 0.250. The summed E-state index contributed by atoms with van der Waals surface area (Å²) in [5.41, 5.74) is 2.00. The molecule has 20 heavy (non-hydrogen) atoms. The van der Waals surface area contributed by atoms with E-state index < -0.39 is 11.6 Å². The molecule has 0 spiro atoms. The van der Waals surface area contributed by atoms with E-state index in [1.165, 1.54) is 6.92 Å². The van der Waals surface area contributed by atoms with E-state index in [0.717, 1.165) is 5.56 Å². The van der Waals surface area contributed by atoms with Crippen LogP contribution in [0.5, 0.6) is 0 Å². The van der Waals surface area contributed by atoms with Gasteiger partial charge in [0.2, 0.25) is 0 Å². The largest absolute Gasteiger partial charge is 0.313 e. The van der Waals surface area contributed by atoms with Gasteiger partial charge in [0.05, 0.1) is 0 Å². The lowest BCUT2D eigenvalue weighted by molar-refractivity contribution is 0.505. The molecule has 0 saturated heterocycles. The zero-order valence-electron chi connectivity index (χ0n) is 11.6. The first-order valence-corrected chi connectivity index (χ1v) is 6.75. The van der Waals surface area contributed by atoms with Crippen molar-refractivity contribution in [2.45, 2.75) is 19.9 Å². The Kier molecular flexibility index (Phi) is 4.41. The minimum atomic E-state index is -0.838. The number of benzene rings is 2. The summed E-state index contributed by atoms with van der Waals surface area (Å²) in [5.74, 6) is -1.65. The normalized spacial score (nSPS) is 12.5. The van der Waals surface area contributed by atoms with Crippen molar-refractivity contribution in [2.75, 3.05) is 7.05 Å². The third kappa shape index (κ3) is 2.69. The lowest BCUT2D eigenvalue weighted by Gasteiger charge is -2.14. The molecule has 1 unspecified atom stereocenters. The SMILES string of the molecule is CNC(C)c1ccc(-c2ccc(C)c(F)c2F)cc1Cl. The summed E-state index contributed by atoms with van der Waals surface area (Å²) < 4.78 is 27.6. The topological polar surface area (TPSA) is 12.0 Å². The maximum Gasteiger partial charge on any atom is 0.166 e. The van der Waals surface area contributed by atoms with Gasteiger partial charge in [-0.15, -0.1) is 0 Å². The number of rotatable bonds is 3. The Morgan fingerprint density at radius 2 is 1.80 bits per heavy atom. The standard InChI is InChI=1S/C16H16ClF2N/c1-9-4-6-13(16(19)15(9)18)11-5-7-12(10(2)20-3)14(17)8-11/h4-8,10,20H,1-3H3. The number of nitrogens with one attached hydrogen (secondary N) is 1. The molecule has 1 N–H and O–H groups in total. The van der Waals surface area contributed by atoms with Crippen LogP contribution >= 0.6 is 11.6 Å². The lowest BCUT2D eigenvalue weighted by Crippen LogP contribution is -2.12. The molecule has 0 aliphatic rings. The van der Waals surface area contributed by atoms with E-state index in [9.17, 15) is 8.78 Å². The summed E-state index contributed by atoms with van der Waals surface area (Å²) in [4.78, 5) is 0. The van der Waals surface area contributed by atoms with Crippen LogP contribution in [0.15, 0.2) is 30.3 Å². The number of aryl methyl sites for hydroxylation is 1. The van der Waals surface area contributed by atoms with E-state index >= 15 is 0 Å². The predicted molar refractivity (Wildman–Crippen MR) is 79.0 cm³/mol. The Morgan fingerprint density at radius 1 is 1.10 bits per heavy atom. The summed E-state index contributed by atoms with van der Waals surface area (Å²) in [6, 6.07) is 8.47. The van der Waals surface area contributed by atoms with Crippen LogP contribution in [0.3, 0.4) is 0 Å². The minimum absolute atomic E-state index is 0.0937. The fourth-order valence-corrected chi connectivity index (χ4v) is 2.41. The van der Waals surface area contributed by atoms with Crippen LogP contribution in [0.1, 0.15) is 24.1 Å². The lowest BCUT2D eigenvalue weighted by atomic mass is 9.99. The third-order valence-corrected chi connectivity index (χ3v) is 3.81. The monoisotopic (exact) mass is 295 g/mol. The van der Waals surface area contributed by atoms with Crippen molar-refractivity contribution in [3.63, 3.8) is 0 Å². The molecule has 0 radical (unpaired) electrons. The van der Waals surface area contributed by atoms with E-state index in [1.807, 2.05) is 20.0 Å². The molecule has 0 bridgehead atoms. The molecule has 1 nitrogen and oxygen atoms in total. The first-order chi connectivity index (χ1) is 9.45. The molecule has 2 aromatic rings. The molecule has 0 fully saturated rings. The summed E-state index contributed by atoms with van der Waals surface area (Å²) in [7, 11) is 1.84. The van der Waals surface area contributed by atoms with Gasteiger partial charge in [0.1, 0.15) is 0 Å². The Balaban J connectivity index is 2.50. The van der Waals surface area contributed by atoms with E-state index in [-0.39, 0.29) is 17.2 Å². The van der Waals surface area contributed by atoms with Crippen LogP contribution in [-0.2, 0) is 0 Å². The number of halogens is 3. The zero-order chi connectivity index (χ0) is 14.9. The maximum atomic E-state index is 14.0. The Labute approximate surface area is 122 Å². The van der Waals surface area contributed by atoms with Gasteiger partial charge in [-0.2, -0.15) is 0 Å². The Bertz CT molecular complexity index is 641. The zero-order valence-corrected chi connectivity index (χ0v) is 12.4. The molecule has 0 saturated carbocycles. The van der Waals surface area contributed by atoms with Gasteiger partial charge in [-0.3, -0.25) is 0 Å². The molecule has 0 aliphatic carbocycles. The van der Waals surface area contributed by atoms with Crippen LogP contribution in [0, 0.1) is 18.6 Å². The first-order valence-electron chi connectivity index (χ1n) is 6.37. The highest BCUT2D eigenvalue weighted by molar-refractivity contribution is 6.31. The fourth-order valence-electron chi connectivity index (χ4n) is 2.07. The van der Waals surface area contributed by atoms with E-state index in [0.29, 0.717) is 10.6 Å². The third-order valence-electron chi connectivity index (χ3n) is 3.49. The van der Waals surface area contributed by atoms with Crippen molar-refractivity contribution < 1.29 is 8.78 Å². The Hall–Kier alpha value is -1.45. The van der Waals surface area contributed by atoms with Gasteiger partial charge in [0.25, 0.3) is 0 Å². The van der Waals surface area contributed by atoms with Crippen molar-refractivity contribution >= 4 is 11.6 Å². The minimum Gasteiger partial charge on any atom is -0.313 e. The van der Waals surface area contributed by atoms with Crippen LogP contribution in [0.25, 0.3) is 11.1 Å². The molecule has 2 aromatic carbocycles. The van der Waals surface area contributed by atoms with Crippen molar-refractivity contribution in [3.8, 4) is 11.1 Å². The van der Waals surface area contributed by atoms with Crippen molar-refractivity contribution in [3.05, 3.63) is 58.1 Å². The summed E-state index contributed by atoms with van der Waals surface area (Å²) in [6.45, 7) is 3.51. The number of hydrogen-bond acceptors (Lipinski definition) is 1. The van der Waals surface area contributed by atoms with Crippen molar-refractivity contribution in [2.24, 2.45) is 0 Å². The second-order valence-corrected chi connectivity index (χ2v) is 5.21. The van der Waals surface area contributed by atoms with E-state index in [1.54, 1.807) is 24.3 Å². The molecule has 0 heterocycles. The van der Waals surface area contributed by atoms with Crippen molar-refractivity contribution in [1.29, 1.82) is 0 Å². The van der Waals surface area contributed by atoms with Gasteiger partial charge >= 0.3 is 0 Å². The molecular weight excluding hydrogens is 280 g/mol. The maximum absolute atomic E-state index is 14.0. The summed E-state index contributed by atoms with van der Waals surface area (Å²) in [6.07, 6.45) is 0. The van der Waals surface area contributed by atoms with Gasteiger partial charge in [-0.1, -0.05) is 35.9 Å². The Morgan fingerprint density at radius 3 is 2.40 bits per heavy atom. The van der Waals surface area contributed by atoms with Crippen LogP contribution in [-0.4, -0.2) is 7.05 Å². The van der Waals surface area contributed by atoms with Crippen LogP contribution in [0.2, 0.25) is 5.02 Å². The average molecular weight is 296 g/mol. The van der Waals surface area contributed by atoms with E-state index in [2.05, 4.69) is 5.32 Å². The second kappa shape index (κ2) is 5.90. The van der Waals surface area contributed by atoms with Gasteiger partial charge in [-0.05, 0) is 43.7 Å². The molecular formula is C16H16ClF2N. The quantitative estimate of drug-likeness (QED) is 0.851. The van der Waals surface area contributed by atoms with Gasteiger partial charge in [0.15, 0.2) is 11.6 Å². The average Bonchev–Trinajstić information content (AvgIpc) is 2.44. The van der Waals surface area contributed by atoms with Gasteiger partial charge in [0, 0.05) is 16.6 Å². The van der Waals surface area contributed by atoms with Crippen molar-refractivity contribution in [1.82, 2.24) is 5.32 Å². The highest BCUT2D eigenvalue weighted by atomic mass is 35.5. The van der Waals surface area contributed by atoms with Crippen LogP contribution in [0.4, 0.5) is 8.78 Å². The first kappa shape index (κ1) is 14.9. The highest BCUT2D eigenvalue weighted by Crippen LogP contribution is 2.31. The predicted octanol–water partition coefficient (Wildman–Crippen LogP) is 4.87. The molecule has 1 atom stereocenters. The molecule has 0 amide bonds. The van der Waals surface area contributed by atoms with Crippen LogP contribution < -0.4 is 5.32 Å². The smallest absolute Gasteiger partial charge is 0.166 e. The van der Waals surface area contributed by atoms with Gasteiger partial charge in [-0.25, -0.2) is 8.78 Å². The molecule has 2 rings (SSSR count). The molecule has 0 aliphatic heterocycles.